The normalized spacial score (nSPS) is 10.7. The zero-order chi connectivity index (χ0) is 13.7. The summed E-state index contributed by atoms with van der Waals surface area (Å²) in [6, 6.07) is 5.99. The van der Waals surface area contributed by atoms with Gasteiger partial charge in [-0.3, -0.25) is 0 Å². The van der Waals surface area contributed by atoms with Crippen molar-refractivity contribution in [2.75, 3.05) is 6.54 Å². The van der Waals surface area contributed by atoms with E-state index in [1.807, 2.05) is 18.2 Å². The highest BCUT2D eigenvalue weighted by atomic mass is 79.9. The Kier molecular flexibility index (Phi) is 5.36. The standard InChI is InChI=1S/C14H17BrN2OS/c1-2-14-17-11(9-19-14)8-18-12-3-4-13(15)10(7-12)5-6-16/h3-4,7,9H,2,5-6,8,16H2,1H3. The highest BCUT2D eigenvalue weighted by Crippen LogP contribution is 2.23. The summed E-state index contributed by atoms with van der Waals surface area (Å²) in [4.78, 5) is 4.48. The minimum absolute atomic E-state index is 0.514. The van der Waals surface area contributed by atoms with Crippen molar-refractivity contribution in [3.63, 3.8) is 0 Å². The van der Waals surface area contributed by atoms with Crippen LogP contribution in [-0.4, -0.2) is 11.5 Å². The molecular weight excluding hydrogens is 324 g/mol. The number of halogens is 1. The lowest BCUT2D eigenvalue weighted by Crippen LogP contribution is -2.04. The molecule has 0 aliphatic carbocycles. The molecule has 1 heterocycles. The molecule has 0 aliphatic heterocycles. The second-order valence-electron chi connectivity index (χ2n) is 4.17. The van der Waals surface area contributed by atoms with Gasteiger partial charge in [0.1, 0.15) is 12.4 Å². The molecule has 102 valence electrons. The summed E-state index contributed by atoms with van der Waals surface area (Å²) in [6.07, 6.45) is 1.82. The average molecular weight is 341 g/mol. The molecule has 19 heavy (non-hydrogen) atoms. The number of nitrogens with two attached hydrogens (primary N) is 1. The molecule has 0 atom stereocenters. The Morgan fingerprint density at radius 1 is 1.42 bits per heavy atom. The molecule has 0 unspecified atom stereocenters. The van der Waals surface area contributed by atoms with E-state index in [0.717, 1.165) is 33.8 Å². The van der Waals surface area contributed by atoms with Gasteiger partial charge in [-0.1, -0.05) is 22.9 Å². The number of thiazole rings is 1. The number of nitrogens with zero attached hydrogens (tertiary/aromatic N) is 1. The fourth-order valence-corrected chi connectivity index (χ4v) is 2.90. The van der Waals surface area contributed by atoms with E-state index >= 15 is 0 Å². The maximum Gasteiger partial charge on any atom is 0.131 e. The summed E-state index contributed by atoms with van der Waals surface area (Å²) < 4.78 is 6.85. The van der Waals surface area contributed by atoms with E-state index in [1.54, 1.807) is 11.3 Å². The summed E-state index contributed by atoms with van der Waals surface area (Å²) in [5.41, 5.74) is 7.76. The van der Waals surface area contributed by atoms with Crippen LogP contribution in [0.25, 0.3) is 0 Å². The summed E-state index contributed by atoms with van der Waals surface area (Å²) in [7, 11) is 0. The van der Waals surface area contributed by atoms with Crippen LogP contribution < -0.4 is 10.5 Å². The maximum absolute atomic E-state index is 5.77. The smallest absolute Gasteiger partial charge is 0.131 e. The third-order valence-electron chi connectivity index (χ3n) is 2.72. The lowest BCUT2D eigenvalue weighted by molar-refractivity contribution is 0.301. The topological polar surface area (TPSA) is 48.1 Å². The van der Waals surface area contributed by atoms with Gasteiger partial charge in [-0.15, -0.1) is 11.3 Å². The van der Waals surface area contributed by atoms with Crippen LogP contribution in [0.1, 0.15) is 23.2 Å². The van der Waals surface area contributed by atoms with Gasteiger partial charge in [0.25, 0.3) is 0 Å². The van der Waals surface area contributed by atoms with Gasteiger partial charge in [0.15, 0.2) is 0 Å². The number of aryl methyl sites for hydroxylation is 1. The second-order valence-corrected chi connectivity index (χ2v) is 5.96. The quantitative estimate of drug-likeness (QED) is 0.874. The molecule has 5 heteroatoms. The number of hydrogen-bond donors (Lipinski definition) is 1. The van der Waals surface area contributed by atoms with Crippen LogP contribution in [0.15, 0.2) is 28.1 Å². The first-order valence-corrected chi connectivity index (χ1v) is 7.94. The lowest BCUT2D eigenvalue weighted by atomic mass is 10.1. The first kappa shape index (κ1) is 14.5. The molecule has 0 bridgehead atoms. The molecule has 0 saturated heterocycles. The Labute approximate surface area is 125 Å². The zero-order valence-corrected chi connectivity index (χ0v) is 13.3. The summed E-state index contributed by atoms with van der Waals surface area (Å²) in [5, 5.41) is 3.21. The second kappa shape index (κ2) is 7.03. The molecule has 1 aromatic heterocycles. The van der Waals surface area contributed by atoms with Crippen molar-refractivity contribution in [1.29, 1.82) is 0 Å². The lowest BCUT2D eigenvalue weighted by Gasteiger charge is -2.08. The Hall–Kier alpha value is -0.910. The van der Waals surface area contributed by atoms with Crippen LogP contribution in [-0.2, 0) is 19.4 Å². The average Bonchev–Trinajstić information content (AvgIpc) is 2.88. The van der Waals surface area contributed by atoms with E-state index in [1.165, 1.54) is 5.56 Å². The van der Waals surface area contributed by atoms with E-state index in [4.69, 9.17) is 10.5 Å². The van der Waals surface area contributed by atoms with Crippen molar-refractivity contribution in [3.05, 3.63) is 44.3 Å². The van der Waals surface area contributed by atoms with E-state index in [-0.39, 0.29) is 0 Å². The summed E-state index contributed by atoms with van der Waals surface area (Å²) in [5.74, 6) is 0.859. The number of benzene rings is 1. The van der Waals surface area contributed by atoms with Gasteiger partial charge in [-0.05, 0) is 43.1 Å². The van der Waals surface area contributed by atoms with Gasteiger partial charge in [-0.2, -0.15) is 0 Å². The first-order chi connectivity index (χ1) is 9.22. The molecule has 0 aliphatic rings. The van der Waals surface area contributed by atoms with Gasteiger partial charge < -0.3 is 10.5 Å². The largest absolute Gasteiger partial charge is 0.487 e. The molecule has 0 radical (unpaired) electrons. The Bertz CT molecular complexity index is 542. The summed E-state index contributed by atoms with van der Waals surface area (Å²) in [6.45, 7) is 3.26. The van der Waals surface area contributed by atoms with Crippen LogP contribution in [0.2, 0.25) is 0 Å². The van der Waals surface area contributed by atoms with Gasteiger partial charge >= 0.3 is 0 Å². The Morgan fingerprint density at radius 3 is 2.95 bits per heavy atom. The first-order valence-electron chi connectivity index (χ1n) is 6.27. The molecule has 0 fully saturated rings. The predicted octanol–water partition coefficient (Wildman–Crippen LogP) is 3.55. The predicted molar refractivity (Wildman–Crippen MR) is 82.7 cm³/mol. The van der Waals surface area contributed by atoms with Crippen LogP contribution in [0, 0.1) is 0 Å². The molecule has 0 amide bonds. The van der Waals surface area contributed by atoms with Crippen molar-refractivity contribution in [2.24, 2.45) is 5.73 Å². The van der Waals surface area contributed by atoms with Crippen molar-refractivity contribution < 1.29 is 4.74 Å². The van der Waals surface area contributed by atoms with Crippen LogP contribution >= 0.6 is 27.3 Å². The van der Waals surface area contributed by atoms with Gasteiger partial charge in [0, 0.05) is 9.85 Å². The minimum Gasteiger partial charge on any atom is -0.487 e. The highest BCUT2D eigenvalue weighted by molar-refractivity contribution is 9.10. The monoisotopic (exact) mass is 340 g/mol. The summed E-state index contributed by atoms with van der Waals surface area (Å²) >= 11 is 5.20. The van der Waals surface area contributed by atoms with Gasteiger partial charge in [0.05, 0.1) is 10.7 Å². The number of aromatic nitrogens is 1. The molecule has 0 saturated carbocycles. The molecule has 1 aromatic carbocycles. The van der Waals surface area contributed by atoms with Gasteiger partial charge in [0.2, 0.25) is 0 Å². The van der Waals surface area contributed by atoms with E-state index < -0.39 is 0 Å². The fraction of sp³-hybridized carbons (Fsp3) is 0.357. The molecular formula is C14H17BrN2OS. The SMILES string of the molecule is CCc1nc(COc2ccc(Br)c(CCN)c2)cs1. The molecule has 3 nitrogen and oxygen atoms in total. The van der Waals surface area contributed by atoms with E-state index in [9.17, 15) is 0 Å². The molecule has 2 rings (SSSR count). The molecule has 2 N–H and O–H groups in total. The van der Waals surface area contributed by atoms with Crippen LogP contribution in [0.4, 0.5) is 0 Å². The highest BCUT2D eigenvalue weighted by Gasteiger charge is 2.04. The molecule has 0 spiro atoms. The van der Waals surface area contributed by atoms with E-state index in [2.05, 4.69) is 33.2 Å². The molecule has 2 aromatic rings. The third kappa shape index (κ3) is 4.03. The van der Waals surface area contributed by atoms with Crippen LogP contribution in [0.3, 0.4) is 0 Å². The third-order valence-corrected chi connectivity index (χ3v) is 4.53. The maximum atomic E-state index is 5.77. The van der Waals surface area contributed by atoms with E-state index in [0.29, 0.717) is 13.2 Å². The van der Waals surface area contributed by atoms with Crippen molar-refractivity contribution in [2.45, 2.75) is 26.4 Å². The van der Waals surface area contributed by atoms with Crippen molar-refractivity contribution in [1.82, 2.24) is 4.98 Å². The number of ether oxygens (including phenoxy) is 1. The van der Waals surface area contributed by atoms with Crippen molar-refractivity contribution in [3.8, 4) is 5.75 Å². The van der Waals surface area contributed by atoms with Crippen molar-refractivity contribution >= 4 is 27.3 Å². The number of rotatable bonds is 6. The van der Waals surface area contributed by atoms with Gasteiger partial charge in [-0.25, -0.2) is 4.98 Å². The Balaban J connectivity index is 2.00. The van der Waals surface area contributed by atoms with Crippen LogP contribution in [0.5, 0.6) is 5.75 Å². The number of hydrogen-bond acceptors (Lipinski definition) is 4. The zero-order valence-electron chi connectivity index (χ0n) is 10.9. The Morgan fingerprint density at radius 2 is 2.26 bits per heavy atom. The minimum atomic E-state index is 0.514. The fourth-order valence-electron chi connectivity index (χ4n) is 1.72.